The summed E-state index contributed by atoms with van der Waals surface area (Å²) in [5.74, 6) is 0.167. The number of thiophene rings is 1. The lowest BCUT2D eigenvalue weighted by molar-refractivity contribution is 0.468. The number of rotatable bonds is 5. The molecule has 0 fully saturated rings. The fraction of sp³-hybridized carbons (Fsp3) is 0.417. The quantitative estimate of drug-likeness (QED) is 0.890. The van der Waals surface area contributed by atoms with Crippen molar-refractivity contribution in [1.29, 1.82) is 0 Å². The van der Waals surface area contributed by atoms with Crippen molar-refractivity contribution in [3.63, 3.8) is 0 Å². The van der Waals surface area contributed by atoms with Crippen molar-refractivity contribution in [2.75, 3.05) is 0 Å². The molecule has 2 N–H and O–H groups in total. The van der Waals surface area contributed by atoms with Gasteiger partial charge in [-0.25, -0.2) is 13.1 Å². The van der Waals surface area contributed by atoms with Gasteiger partial charge in [-0.15, -0.1) is 11.3 Å². The van der Waals surface area contributed by atoms with Crippen LogP contribution in [0.1, 0.15) is 30.5 Å². The summed E-state index contributed by atoms with van der Waals surface area (Å²) >= 11 is 1.55. The first kappa shape index (κ1) is 14.2. The minimum absolute atomic E-state index is 0.167. The Morgan fingerprint density at radius 2 is 2.16 bits per heavy atom. The predicted octanol–water partition coefficient (Wildman–Crippen LogP) is 2.46. The van der Waals surface area contributed by atoms with Crippen LogP contribution in [0.4, 0.5) is 0 Å². The van der Waals surface area contributed by atoms with Gasteiger partial charge < -0.3 is 0 Å². The van der Waals surface area contributed by atoms with E-state index in [2.05, 4.69) is 14.9 Å². The van der Waals surface area contributed by atoms with Crippen molar-refractivity contribution in [2.24, 2.45) is 5.92 Å². The van der Waals surface area contributed by atoms with Crippen LogP contribution in [0, 0.1) is 12.8 Å². The second-order valence-electron chi connectivity index (χ2n) is 4.72. The normalized spacial score (nSPS) is 13.9. The number of H-pyrrole nitrogens is 1. The first-order valence-corrected chi connectivity index (χ1v) is 8.34. The molecular weight excluding hydrogens is 282 g/mol. The zero-order valence-electron chi connectivity index (χ0n) is 11.0. The van der Waals surface area contributed by atoms with Crippen molar-refractivity contribution in [2.45, 2.75) is 31.7 Å². The van der Waals surface area contributed by atoms with Crippen LogP contribution in [0.5, 0.6) is 0 Å². The van der Waals surface area contributed by atoms with Crippen LogP contribution in [0.25, 0.3) is 0 Å². The lowest BCUT2D eigenvalue weighted by Crippen LogP contribution is -2.31. The number of nitrogens with one attached hydrogen (secondary N) is 2. The molecule has 2 aromatic rings. The van der Waals surface area contributed by atoms with E-state index in [0.29, 0.717) is 5.69 Å². The molecule has 0 saturated carbocycles. The molecule has 0 bridgehead atoms. The Kier molecular flexibility index (Phi) is 4.07. The highest BCUT2D eigenvalue weighted by molar-refractivity contribution is 7.89. The van der Waals surface area contributed by atoms with Gasteiger partial charge in [-0.1, -0.05) is 19.9 Å². The van der Waals surface area contributed by atoms with Gasteiger partial charge in [0.1, 0.15) is 4.90 Å². The van der Waals surface area contributed by atoms with Crippen molar-refractivity contribution >= 4 is 21.4 Å². The topological polar surface area (TPSA) is 74.8 Å². The lowest BCUT2D eigenvalue weighted by Gasteiger charge is -2.20. The van der Waals surface area contributed by atoms with Gasteiger partial charge in [0.25, 0.3) is 0 Å². The molecule has 0 radical (unpaired) electrons. The number of hydrogen-bond donors (Lipinski definition) is 2. The van der Waals surface area contributed by atoms with Crippen LogP contribution in [0.2, 0.25) is 0 Å². The van der Waals surface area contributed by atoms with Crippen LogP contribution in [-0.4, -0.2) is 18.6 Å². The van der Waals surface area contributed by atoms with Gasteiger partial charge in [0, 0.05) is 4.88 Å². The first-order valence-electron chi connectivity index (χ1n) is 5.97. The van der Waals surface area contributed by atoms with Gasteiger partial charge in [-0.05, 0) is 24.3 Å². The zero-order chi connectivity index (χ0) is 14.0. The third-order valence-corrected chi connectivity index (χ3v) is 5.38. The Labute approximate surface area is 117 Å². The molecule has 0 amide bonds. The SMILES string of the molecule is Cc1[nH]ncc1S(=O)(=O)NC(c1cccs1)C(C)C. The maximum Gasteiger partial charge on any atom is 0.244 e. The fourth-order valence-electron chi connectivity index (χ4n) is 1.83. The molecular formula is C12H17N3O2S2. The Bertz CT molecular complexity index is 630. The molecule has 0 aliphatic heterocycles. The summed E-state index contributed by atoms with van der Waals surface area (Å²) in [6.45, 7) is 5.68. The molecule has 5 nitrogen and oxygen atoms in total. The second kappa shape index (κ2) is 5.44. The maximum absolute atomic E-state index is 12.4. The monoisotopic (exact) mass is 299 g/mol. The highest BCUT2D eigenvalue weighted by atomic mass is 32.2. The van der Waals surface area contributed by atoms with Crippen molar-refractivity contribution in [1.82, 2.24) is 14.9 Å². The summed E-state index contributed by atoms with van der Waals surface area (Å²) in [4.78, 5) is 1.22. The molecule has 0 aliphatic rings. The van der Waals surface area contributed by atoms with Crippen molar-refractivity contribution in [3.8, 4) is 0 Å². The van der Waals surface area contributed by atoms with E-state index in [1.54, 1.807) is 18.3 Å². The van der Waals surface area contributed by atoms with E-state index in [-0.39, 0.29) is 16.9 Å². The van der Waals surface area contributed by atoms with Crippen LogP contribution >= 0.6 is 11.3 Å². The van der Waals surface area contributed by atoms with Gasteiger partial charge in [0.2, 0.25) is 10.0 Å². The molecule has 1 unspecified atom stereocenters. The van der Waals surface area contributed by atoms with Crippen molar-refractivity contribution in [3.05, 3.63) is 34.3 Å². The first-order chi connectivity index (χ1) is 8.92. The van der Waals surface area contributed by atoms with E-state index in [1.807, 2.05) is 31.4 Å². The summed E-state index contributed by atoms with van der Waals surface area (Å²) in [5, 5.41) is 8.35. The molecule has 0 aromatic carbocycles. The summed E-state index contributed by atoms with van der Waals surface area (Å²) in [5.41, 5.74) is 0.543. The molecule has 2 heterocycles. The lowest BCUT2D eigenvalue weighted by atomic mass is 10.0. The summed E-state index contributed by atoms with van der Waals surface area (Å²) in [6, 6.07) is 3.65. The predicted molar refractivity (Wildman–Crippen MR) is 75.5 cm³/mol. The zero-order valence-corrected chi connectivity index (χ0v) is 12.7. The third-order valence-electron chi connectivity index (χ3n) is 2.87. The second-order valence-corrected chi connectivity index (χ2v) is 7.38. The van der Waals surface area contributed by atoms with Gasteiger partial charge in [0.05, 0.1) is 17.9 Å². The molecule has 2 aromatic heterocycles. The molecule has 2 rings (SSSR count). The number of aromatic amines is 1. The number of aryl methyl sites for hydroxylation is 1. The number of hydrogen-bond acceptors (Lipinski definition) is 4. The van der Waals surface area contributed by atoms with Gasteiger partial charge in [0.15, 0.2) is 0 Å². The highest BCUT2D eigenvalue weighted by Crippen LogP contribution is 2.28. The molecule has 0 aliphatic carbocycles. The Balaban J connectivity index is 2.30. The molecule has 0 saturated heterocycles. The minimum Gasteiger partial charge on any atom is -0.281 e. The van der Waals surface area contributed by atoms with Gasteiger partial charge >= 0.3 is 0 Å². The van der Waals surface area contributed by atoms with Crippen LogP contribution in [0.15, 0.2) is 28.6 Å². The van der Waals surface area contributed by atoms with Crippen molar-refractivity contribution < 1.29 is 8.42 Å². The number of aromatic nitrogens is 2. The number of nitrogens with zero attached hydrogens (tertiary/aromatic N) is 1. The largest absolute Gasteiger partial charge is 0.281 e. The van der Waals surface area contributed by atoms with Crippen LogP contribution < -0.4 is 4.72 Å². The summed E-state index contributed by atoms with van der Waals surface area (Å²) in [7, 11) is -3.55. The highest BCUT2D eigenvalue weighted by Gasteiger charge is 2.26. The Morgan fingerprint density at radius 3 is 2.63 bits per heavy atom. The van der Waals surface area contributed by atoms with Crippen LogP contribution in [-0.2, 0) is 10.0 Å². The van der Waals surface area contributed by atoms with E-state index in [0.717, 1.165) is 4.88 Å². The van der Waals surface area contributed by atoms with E-state index in [4.69, 9.17) is 0 Å². The summed E-state index contributed by atoms with van der Waals surface area (Å²) in [6.07, 6.45) is 1.34. The molecule has 104 valence electrons. The van der Waals surface area contributed by atoms with E-state index in [9.17, 15) is 8.42 Å². The van der Waals surface area contributed by atoms with Gasteiger partial charge in [-0.3, -0.25) is 5.10 Å². The average molecular weight is 299 g/mol. The minimum atomic E-state index is -3.55. The van der Waals surface area contributed by atoms with E-state index < -0.39 is 10.0 Å². The van der Waals surface area contributed by atoms with E-state index >= 15 is 0 Å². The molecule has 7 heteroatoms. The number of sulfonamides is 1. The van der Waals surface area contributed by atoms with Crippen LogP contribution in [0.3, 0.4) is 0 Å². The van der Waals surface area contributed by atoms with Gasteiger partial charge in [-0.2, -0.15) is 5.10 Å². The molecule has 19 heavy (non-hydrogen) atoms. The molecule has 0 spiro atoms. The standard InChI is InChI=1S/C12H17N3O2S2/c1-8(2)12(10-5-4-6-18-10)15-19(16,17)11-7-13-14-9(11)3/h4-8,12,15H,1-3H3,(H,13,14). The Morgan fingerprint density at radius 1 is 1.42 bits per heavy atom. The summed E-state index contributed by atoms with van der Waals surface area (Å²) < 4.78 is 27.5. The smallest absolute Gasteiger partial charge is 0.244 e. The molecule has 1 atom stereocenters. The van der Waals surface area contributed by atoms with E-state index in [1.165, 1.54) is 6.20 Å². The maximum atomic E-state index is 12.4. The Hall–Kier alpha value is -1.18. The average Bonchev–Trinajstić information content (AvgIpc) is 2.96. The third kappa shape index (κ3) is 3.05. The fourth-order valence-corrected chi connectivity index (χ4v) is 4.36.